The average molecular weight is 517 g/mol. The molecule has 0 heterocycles. The van der Waals surface area contributed by atoms with Gasteiger partial charge in [-0.2, -0.15) is 0 Å². The van der Waals surface area contributed by atoms with Gasteiger partial charge in [-0.25, -0.2) is 0 Å². The van der Waals surface area contributed by atoms with Gasteiger partial charge in [0.2, 0.25) is 0 Å². The molecule has 0 aliphatic carbocycles. The molecule has 1 radical (unpaired) electrons. The van der Waals surface area contributed by atoms with Crippen molar-refractivity contribution in [1.82, 2.24) is 0 Å². The van der Waals surface area contributed by atoms with E-state index in [1.165, 1.54) is 0 Å². The van der Waals surface area contributed by atoms with Crippen LogP contribution in [0, 0.1) is 120 Å². The summed E-state index contributed by atoms with van der Waals surface area (Å²) in [6.45, 7) is 0. The van der Waals surface area contributed by atoms with Crippen LogP contribution in [-0.4, -0.2) is 8.41 Å². The quantitative estimate of drug-likeness (QED) is 0.355. The maximum Gasteiger partial charge on any atom is 0.0814 e. The molecule has 5 heteroatoms. The van der Waals surface area contributed by atoms with Crippen LogP contribution in [0.4, 0.5) is 0 Å². The van der Waals surface area contributed by atoms with Crippen molar-refractivity contribution in [2.75, 3.05) is 0 Å². The SMILES string of the molecule is B.[Dy].[Fe].[Nd].[Pr]. The summed E-state index contributed by atoms with van der Waals surface area (Å²) in [7, 11) is 0. The van der Waals surface area contributed by atoms with Crippen LogP contribution in [0.3, 0.4) is 0 Å². The summed E-state index contributed by atoms with van der Waals surface area (Å²) in [4.78, 5) is 0. The Kier molecular flexibility index (Phi) is 158. The monoisotopic (exact) mass is 517 g/mol. The summed E-state index contributed by atoms with van der Waals surface area (Å²) in [5, 5.41) is 0. The maximum atomic E-state index is 0. The molecule has 0 aromatic carbocycles. The summed E-state index contributed by atoms with van der Waals surface area (Å²) < 4.78 is 0. The maximum absolute atomic E-state index is 0. The zero-order chi connectivity index (χ0) is 0. The van der Waals surface area contributed by atoms with Crippen LogP contribution in [0.15, 0.2) is 0 Å². The molecular weight excluding hydrogens is 514 g/mol. The standard InChI is InChI=1S/BH3.Dy.Fe.Nd.Pr/h1H3;;;;. The van der Waals surface area contributed by atoms with Gasteiger partial charge in [0, 0.05) is 137 Å². The topological polar surface area (TPSA) is 0 Å². The minimum Gasteiger partial charge on any atom is 0 e. The first kappa shape index (κ1) is 33.6. The second-order valence-corrected chi connectivity index (χ2v) is 0. The third-order valence-corrected chi connectivity index (χ3v) is 0. The molecule has 0 unspecified atom stereocenters. The molecule has 0 atom stereocenters. The zero-order valence-corrected chi connectivity index (χ0v) is 11.8. The number of hydrogen-bond acceptors (Lipinski definition) is 0. The molecule has 0 aliphatic heterocycles. The number of hydrogen-bond donors (Lipinski definition) is 0. The minimum atomic E-state index is 0. The minimum absolute atomic E-state index is 0. The van der Waals surface area contributed by atoms with Gasteiger partial charge in [-0.05, 0) is 0 Å². The van der Waals surface area contributed by atoms with Crippen LogP contribution in [0.1, 0.15) is 0 Å². The van der Waals surface area contributed by atoms with E-state index < -0.39 is 0 Å². The van der Waals surface area contributed by atoms with Crippen LogP contribution in [0.5, 0.6) is 0 Å². The van der Waals surface area contributed by atoms with Gasteiger partial charge in [0.25, 0.3) is 0 Å². The average Bonchev–Trinajstić information content (AvgIpc) is 0. The van der Waals surface area contributed by atoms with E-state index >= 15 is 0 Å². The Balaban J connectivity index is 0. The Morgan fingerprint density at radius 3 is 1.00 bits per heavy atom. The molecule has 0 aliphatic rings. The molecule has 0 spiro atoms. The largest absolute Gasteiger partial charge is 0.0814 e. The Labute approximate surface area is 141 Å². The summed E-state index contributed by atoms with van der Waals surface area (Å²) in [5.41, 5.74) is 0. The van der Waals surface area contributed by atoms with Crippen LogP contribution in [-0.2, 0) is 17.1 Å². The van der Waals surface area contributed by atoms with Gasteiger partial charge >= 0.3 is 0 Å². The predicted octanol–water partition coefficient (Wildman–Crippen LogP) is -1.19. The third-order valence-electron chi connectivity index (χ3n) is 0. The van der Waals surface area contributed by atoms with Crippen molar-refractivity contribution in [3.63, 3.8) is 0 Å². The summed E-state index contributed by atoms with van der Waals surface area (Å²) in [5.74, 6) is 0. The fourth-order valence-corrected chi connectivity index (χ4v) is 0. The van der Waals surface area contributed by atoms with E-state index in [-0.39, 0.29) is 146 Å². The number of rotatable bonds is 0. The van der Waals surface area contributed by atoms with E-state index in [0.29, 0.717) is 0 Å². The molecule has 0 amide bonds. The van der Waals surface area contributed by atoms with Crippen molar-refractivity contribution >= 4 is 8.41 Å². The molecule has 0 saturated carbocycles. The van der Waals surface area contributed by atoms with Gasteiger partial charge in [0.05, 0.1) is 8.41 Å². The molecule has 0 aromatic rings. The molecule has 0 aromatic heterocycles. The van der Waals surface area contributed by atoms with Gasteiger partial charge in [-0.1, -0.05) is 0 Å². The third kappa shape index (κ3) is 17.7. The van der Waals surface area contributed by atoms with Gasteiger partial charge in [0.1, 0.15) is 0 Å². The van der Waals surface area contributed by atoms with E-state index in [0.717, 1.165) is 0 Å². The zero-order valence-electron chi connectivity index (χ0n) is 1.75. The fraction of sp³-hybridized carbons (Fsp3) is 0. The first-order valence-electron chi connectivity index (χ1n) is 0. The molecular formula is H3BDyFeNdPr. The smallest absolute Gasteiger partial charge is 0 e. The predicted molar refractivity (Wildman–Crippen MR) is 9.94 cm³/mol. The van der Waals surface area contributed by atoms with Crippen LogP contribution in [0.25, 0.3) is 0 Å². The van der Waals surface area contributed by atoms with Crippen molar-refractivity contribution in [1.29, 1.82) is 0 Å². The second kappa shape index (κ2) is 23.5. The van der Waals surface area contributed by atoms with E-state index in [2.05, 4.69) is 0 Å². The van der Waals surface area contributed by atoms with Crippen LogP contribution in [0.2, 0.25) is 0 Å². The summed E-state index contributed by atoms with van der Waals surface area (Å²) in [6.07, 6.45) is 0. The van der Waals surface area contributed by atoms with E-state index in [4.69, 9.17) is 0 Å². The van der Waals surface area contributed by atoms with Crippen LogP contribution >= 0.6 is 0 Å². The molecule has 5 heavy (non-hydrogen) atoms. The van der Waals surface area contributed by atoms with Crippen molar-refractivity contribution in [3.05, 3.63) is 0 Å². The van der Waals surface area contributed by atoms with Crippen molar-refractivity contribution in [2.24, 2.45) is 0 Å². The van der Waals surface area contributed by atoms with Crippen molar-refractivity contribution < 1.29 is 137 Å². The Bertz CT molecular complexity index is 11.6. The summed E-state index contributed by atoms with van der Waals surface area (Å²) in [6, 6.07) is 0. The Morgan fingerprint density at radius 2 is 1.00 bits per heavy atom. The van der Waals surface area contributed by atoms with Crippen molar-refractivity contribution in [2.45, 2.75) is 0 Å². The Hall–Kier alpha value is 4.57. The van der Waals surface area contributed by atoms with Gasteiger partial charge < -0.3 is 0 Å². The van der Waals surface area contributed by atoms with E-state index in [1.54, 1.807) is 0 Å². The molecule has 0 N–H and O–H groups in total. The molecule has 0 bridgehead atoms. The van der Waals surface area contributed by atoms with Crippen LogP contribution < -0.4 is 0 Å². The first-order chi connectivity index (χ1) is 0. The molecule has 0 nitrogen and oxygen atoms in total. The first-order valence-corrected chi connectivity index (χ1v) is 0. The van der Waals surface area contributed by atoms with Crippen molar-refractivity contribution in [3.8, 4) is 0 Å². The fourth-order valence-electron chi connectivity index (χ4n) is 0. The van der Waals surface area contributed by atoms with E-state index in [1.807, 2.05) is 0 Å². The van der Waals surface area contributed by atoms with Gasteiger partial charge in [0.15, 0.2) is 0 Å². The molecule has 0 rings (SSSR count). The normalized spacial score (nSPS) is 0. The molecule has 31 valence electrons. The van der Waals surface area contributed by atoms with E-state index in [9.17, 15) is 0 Å². The summed E-state index contributed by atoms with van der Waals surface area (Å²) >= 11 is 0. The second-order valence-electron chi connectivity index (χ2n) is 0. The Morgan fingerprint density at radius 1 is 1.00 bits per heavy atom. The molecule has 0 saturated heterocycles. The molecule has 0 fully saturated rings. The van der Waals surface area contributed by atoms with Gasteiger partial charge in [-0.3, -0.25) is 0 Å². The van der Waals surface area contributed by atoms with Gasteiger partial charge in [-0.15, -0.1) is 0 Å².